The first-order valence-electron chi connectivity index (χ1n) is 8.21. The fraction of sp³-hybridized carbons (Fsp3) is 0.278. The minimum Gasteiger partial charge on any atom is -0.397 e. The van der Waals surface area contributed by atoms with Gasteiger partial charge in [0.15, 0.2) is 5.03 Å². The molecule has 1 aliphatic heterocycles. The molecule has 1 aromatic carbocycles. The Hall–Kier alpha value is -2.22. The van der Waals surface area contributed by atoms with E-state index in [0.29, 0.717) is 31.9 Å². The average molecular weight is 358 g/mol. The van der Waals surface area contributed by atoms with Crippen molar-refractivity contribution in [1.29, 1.82) is 0 Å². The van der Waals surface area contributed by atoms with E-state index in [1.165, 1.54) is 16.6 Å². The van der Waals surface area contributed by atoms with Crippen molar-refractivity contribution in [3.05, 3.63) is 60.3 Å². The van der Waals surface area contributed by atoms with Crippen molar-refractivity contribution in [2.24, 2.45) is 0 Å². The zero-order valence-corrected chi connectivity index (χ0v) is 14.8. The van der Waals surface area contributed by atoms with Crippen LogP contribution in [0.2, 0.25) is 0 Å². The molecule has 2 N–H and O–H groups in total. The van der Waals surface area contributed by atoms with Crippen LogP contribution in [0.25, 0.3) is 6.08 Å². The standard InChI is InChI=1S/C18H22N4O2S/c19-17-8-9-18(20-15-17)25(23,24)22-13-11-21(12-14-22)10-4-7-16-5-2-1-3-6-16/h1-9,15H,10-14,19H2/b7-4+. The lowest BCUT2D eigenvalue weighted by atomic mass is 10.2. The fourth-order valence-corrected chi connectivity index (χ4v) is 4.07. The van der Waals surface area contributed by atoms with Crippen LogP contribution in [0.5, 0.6) is 0 Å². The highest BCUT2D eigenvalue weighted by atomic mass is 32.2. The van der Waals surface area contributed by atoms with Crippen LogP contribution >= 0.6 is 0 Å². The Morgan fingerprint density at radius 1 is 1.04 bits per heavy atom. The third-order valence-electron chi connectivity index (χ3n) is 4.17. The maximum Gasteiger partial charge on any atom is 0.260 e. The van der Waals surface area contributed by atoms with E-state index < -0.39 is 10.0 Å². The number of sulfonamides is 1. The molecule has 0 atom stereocenters. The SMILES string of the molecule is Nc1ccc(S(=O)(=O)N2CCN(C/C=C/c3ccccc3)CC2)nc1. The molecular formula is C18H22N4O2S. The molecule has 0 radical (unpaired) electrons. The van der Waals surface area contributed by atoms with Gasteiger partial charge in [-0.1, -0.05) is 42.5 Å². The highest BCUT2D eigenvalue weighted by molar-refractivity contribution is 7.89. The molecule has 0 unspecified atom stereocenters. The quantitative estimate of drug-likeness (QED) is 0.880. The number of nitrogen functional groups attached to an aromatic ring is 1. The Labute approximate surface area is 148 Å². The van der Waals surface area contributed by atoms with Crippen LogP contribution < -0.4 is 5.73 Å². The van der Waals surface area contributed by atoms with E-state index in [0.717, 1.165) is 12.1 Å². The molecule has 0 spiro atoms. The molecule has 2 heterocycles. The van der Waals surface area contributed by atoms with Gasteiger partial charge in [-0.25, -0.2) is 13.4 Å². The third-order valence-corrected chi connectivity index (χ3v) is 5.98. The summed E-state index contributed by atoms with van der Waals surface area (Å²) >= 11 is 0. The second-order valence-corrected chi connectivity index (χ2v) is 7.83. The summed E-state index contributed by atoms with van der Waals surface area (Å²) in [6.07, 6.45) is 5.57. The van der Waals surface area contributed by atoms with Gasteiger partial charge in [0.2, 0.25) is 0 Å². The molecule has 6 nitrogen and oxygen atoms in total. The van der Waals surface area contributed by atoms with E-state index in [1.807, 2.05) is 18.2 Å². The number of pyridine rings is 1. The van der Waals surface area contributed by atoms with Crippen LogP contribution in [0.1, 0.15) is 5.56 Å². The number of benzene rings is 1. The van der Waals surface area contributed by atoms with Gasteiger partial charge in [0.1, 0.15) is 0 Å². The third kappa shape index (κ3) is 4.45. The lowest BCUT2D eigenvalue weighted by molar-refractivity contribution is 0.204. The first kappa shape index (κ1) is 17.6. The van der Waals surface area contributed by atoms with Gasteiger partial charge in [-0.05, 0) is 17.7 Å². The number of hydrogen-bond donors (Lipinski definition) is 1. The maximum atomic E-state index is 12.6. The summed E-state index contributed by atoms with van der Waals surface area (Å²) in [4.78, 5) is 6.19. The summed E-state index contributed by atoms with van der Waals surface area (Å²) in [6, 6.07) is 13.1. The van der Waals surface area contributed by atoms with Crippen molar-refractivity contribution >= 4 is 21.8 Å². The predicted octanol–water partition coefficient (Wildman–Crippen LogP) is 1.68. The van der Waals surface area contributed by atoms with E-state index in [9.17, 15) is 8.42 Å². The number of anilines is 1. The van der Waals surface area contributed by atoms with Gasteiger partial charge in [-0.3, -0.25) is 4.90 Å². The van der Waals surface area contributed by atoms with E-state index in [1.54, 1.807) is 6.07 Å². The molecule has 1 saturated heterocycles. The highest BCUT2D eigenvalue weighted by Crippen LogP contribution is 2.16. The van der Waals surface area contributed by atoms with E-state index >= 15 is 0 Å². The van der Waals surface area contributed by atoms with Crippen LogP contribution in [0.15, 0.2) is 59.8 Å². The van der Waals surface area contributed by atoms with Crippen molar-refractivity contribution in [2.75, 3.05) is 38.5 Å². The largest absolute Gasteiger partial charge is 0.397 e. The molecule has 3 rings (SSSR count). The van der Waals surface area contributed by atoms with Crippen LogP contribution in [0.3, 0.4) is 0 Å². The van der Waals surface area contributed by atoms with Crippen molar-refractivity contribution in [3.63, 3.8) is 0 Å². The molecule has 2 aromatic rings. The van der Waals surface area contributed by atoms with Gasteiger partial charge in [0.25, 0.3) is 10.0 Å². The summed E-state index contributed by atoms with van der Waals surface area (Å²) < 4.78 is 26.7. The van der Waals surface area contributed by atoms with E-state index in [4.69, 9.17) is 5.73 Å². The first-order chi connectivity index (χ1) is 12.1. The van der Waals surface area contributed by atoms with E-state index in [-0.39, 0.29) is 5.03 Å². The molecule has 0 amide bonds. The number of piperazine rings is 1. The van der Waals surface area contributed by atoms with Crippen LogP contribution in [0.4, 0.5) is 5.69 Å². The molecular weight excluding hydrogens is 336 g/mol. The molecule has 1 aromatic heterocycles. The summed E-state index contributed by atoms with van der Waals surface area (Å²) in [5, 5.41) is 0.0547. The minimum atomic E-state index is -3.54. The molecule has 0 aliphatic carbocycles. The van der Waals surface area contributed by atoms with Crippen LogP contribution in [-0.4, -0.2) is 55.3 Å². The Morgan fingerprint density at radius 2 is 1.76 bits per heavy atom. The molecule has 7 heteroatoms. The molecule has 0 saturated carbocycles. The Bertz CT molecular complexity index is 812. The number of aromatic nitrogens is 1. The lowest BCUT2D eigenvalue weighted by Gasteiger charge is -2.33. The van der Waals surface area contributed by atoms with Gasteiger partial charge >= 0.3 is 0 Å². The summed E-state index contributed by atoms with van der Waals surface area (Å²) in [5.74, 6) is 0. The van der Waals surface area contributed by atoms with Crippen molar-refractivity contribution < 1.29 is 8.42 Å². The van der Waals surface area contributed by atoms with E-state index in [2.05, 4.69) is 34.2 Å². The average Bonchev–Trinajstić information content (AvgIpc) is 2.63. The Balaban J connectivity index is 1.54. The van der Waals surface area contributed by atoms with Gasteiger partial charge in [-0.15, -0.1) is 0 Å². The minimum absolute atomic E-state index is 0.0547. The second kappa shape index (κ2) is 7.77. The zero-order valence-electron chi connectivity index (χ0n) is 14.0. The van der Waals surface area contributed by atoms with Crippen molar-refractivity contribution in [2.45, 2.75) is 5.03 Å². The van der Waals surface area contributed by atoms with Gasteiger partial charge in [-0.2, -0.15) is 4.31 Å². The normalized spacial score (nSPS) is 17.1. The molecule has 132 valence electrons. The maximum absolute atomic E-state index is 12.6. The molecule has 0 bridgehead atoms. The summed E-state index contributed by atoms with van der Waals surface area (Å²) in [5.41, 5.74) is 7.19. The predicted molar refractivity (Wildman–Crippen MR) is 99.3 cm³/mol. The van der Waals surface area contributed by atoms with Crippen molar-refractivity contribution in [1.82, 2.24) is 14.2 Å². The Morgan fingerprint density at radius 3 is 2.40 bits per heavy atom. The zero-order chi connectivity index (χ0) is 17.7. The highest BCUT2D eigenvalue weighted by Gasteiger charge is 2.28. The first-order valence-corrected chi connectivity index (χ1v) is 9.65. The second-order valence-electron chi connectivity index (χ2n) is 5.95. The lowest BCUT2D eigenvalue weighted by Crippen LogP contribution is -2.48. The van der Waals surface area contributed by atoms with Gasteiger partial charge in [0, 0.05) is 32.7 Å². The van der Waals surface area contributed by atoms with Crippen LogP contribution in [-0.2, 0) is 10.0 Å². The monoisotopic (exact) mass is 358 g/mol. The van der Waals surface area contributed by atoms with Crippen LogP contribution in [0, 0.1) is 0 Å². The smallest absolute Gasteiger partial charge is 0.260 e. The number of rotatable bonds is 5. The number of nitrogens with two attached hydrogens (primary N) is 1. The Kier molecular flexibility index (Phi) is 5.47. The van der Waals surface area contributed by atoms with Crippen molar-refractivity contribution in [3.8, 4) is 0 Å². The van der Waals surface area contributed by atoms with Gasteiger partial charge < -0.3 is 5.73 Å². The topological polar surface area (TPSA) is 79.5 Å². The summed E-state index contributed by atoms with van der Waals surface area (Å²) in [7, 11) is -3.54. The molecule has 25 heavy (non-hydrogen) atoms. The molecule has 1 aliphatic rings. The summed E-state index contributed by atoms with van der Waals surface area (Å²) in [6.45, 7) is 3.14. The number of nitrogens with zero attached hydrogens (tertiary/aromatic N) is 3. The van der Waals surface area contributed by atoms with Gasteiger partial charge in [0.05, 0.1) is 11.9 Å². The number of hydrogen-bond acceptors (Lipinski definition) is 5. The fourth-order valence-electron chi connectivity index (χ4n) is 2.73. The molecule has 1 fully saturated rings.